The third-order valence-corrected chi connectivity index (χ3v) is 3.61. The predicted octanol–water partition coefficient (Wildman–Crippen LogP) is 3.33. The van der Waals surface area contributed by atoms with Crippen LogP contribution in [0.5, 0.6) is 0 Å². The van der Waals surface area contributed by atoms with Gasteiger partial charge in [0.1, 0.15) is 11.8 Å². The molecule has 0 saturated heterocycles. The quantitative estimate of drug-likeness (QED) is 0.907. The number of aryl methyl sites for hydroxylation is 1. The van der Waals surface area contributed by atoms with E-state index >= 15 is 0 Å². The summed E-state index contributed by atoms with van der Waals surface area (Å²) in [6.45, 7) is 2.88. The number of aromatic nitrogens is 2. The first-order valence-corrected chi connectivity index (χ1v) is 6.89. The fourth-order valence-electron chi connectivity index (χ4n) is 1.81. The summed E-state index contributed by atoms with van der Waals surface area (Å²) in [5.41, 5.74) is 1.07. The minimum atomic E-state index is -0.0156. The molecule has 1 atom stereocenters. The highest BCUT2D eigenvalue weighted by molar-refractivity contribution is 9.10. The molecular formula is C11H13Br2N3O. The lowest BCUT2D eigenvalue weighted by Crippen LogP contribution is -2.21. The van der Waals surface area contributed by atoms with Crippen LogP contribution in [0.25, 0.3) is 0 Å². The number of nitrogens with one attached hydrogen (secondary N) is 1. The van der Waals surface area contributed by atoms with Gasteiger partial charge >= 0.3 is 0 Å². The van der Waals surface area contributed by atoms with Crippen LogP contribution >= 0.6 is 31.9 Å². The van der Waals surface area contributed by atoms with Crippen molar-refractivity contribution in [2.45, 2.75) is 19.5 Å². The van der Waals surface area contributed by atoms with Crippen molar-refractivity contribution >= 4 is 31.9 Å². The maximum Gasteiger partial charge on any atom is 0.169 e. The minimum absolute atomic E-state index is 0.0156. The van der Waals surface area contributed by atoms with Crippen molar-refractivity contribution in [2.24, 2.45) is 0 Å². The molecule has 0 spiro atoms. The van der Waals surface area contributed by atoms with Crippen molar-refractivity contribution in [1.82, 2.24) is 15.1 Å². The predicted molar refractivity (Wildman–Crippen MR) is 72.9 cm³/mol. The molecule has 0 fully saturated rings. The molecule has 0 aliphatic heterocycles. The number of nitrogens with zero attached hydrogens (tertiary/aromatic N) is 2. The molecule has 0 saturated carbocycles. The van der Waals surface area contributed by atoms with Crippen LogP contribution in [-0.4, -0.2) is 16.8 Å². The zero-order chi connectivity index (χ0) is 12.4. The lowest BCUT2D eigenvalue weighted by atomic mass is 10.1. The first-order chi connectivity index (χ1) is 8.17. The average Bonchev–Trinajstić information content (AvgIpc) is 2.89. The summed E-state index contributed by atoms with van der Waals surface area (Å²) in [5, 5.41) is 7.56. The molecule has 4 nitrogen and oxygen atoms in total. The van der Waals surface area contributed by atoms with Crippen molar-refractivity contribution in [3.63, 3.8) is 0 Å². The zero-order valence-electron chi connectivity index (χ0n) is 9.58. The highest BCUT2D eigenvalue weighted by atomic mass is 79.9. The molecule has 17 heavy (non-hydrogen) atoms. The molecule has 1 unspecified atom stereocenters. The summed E-state index contributed by atoms with van der Waals surface area (Å²) in [6.07, 6.45) is 1.81. The van der Waals surface area contributed by atoms with E-state index in [2.05, 4.69) is 49.2 Å². The SMILES string of the molecule is CCn1ncc(Br)c1C(NC)c1ccc(Br)o1. The summed E-state index contributed by atoms with van der Waals surface area (Å²) in [5.74, 6) is 0.857. The van der Waals surface area contributed by atoms with Gasteiger partial charge in [-0.25, -0.2) is 0 Å². The lowest BCUT2D eigenvalue weighted by Gasteiger charge is -2.16. The molecule has 0 radical (unpaired) electrons. The van der Waals surface area contributed by atoms with Crippen molar-refractivity contribution in [2.75, 3.05) is 7.05 Å². The summed E-state index contributed by atoms with van der Waals surface area (Å²) in [7, 11) is 1.90. The maximum absolute atomic E-state index is 5.61. The fraction of sp³-hybridized carbons (Fsp3) is 0.364. The Hall–Kier alpha value is -0.590. The second-order valence-corrected chi connectivity index (χ2v) is 5.19. The van der Waals surface area contributed by atoms with Gasteiger partial charge in [0, 0.05) is 6.54 Å². The molecule has 0 aromatic carbocycles. The molecule has 6 heteroatoms. The lowest BCUT2D eigenvalue weighted by molar-refractivity contribution is 0.430. The van der Waals surface area contributed by atoms with E-state index in [-0.39, 0.29) is 6.04 Å². The van der Waals surface area contributed by atoms with Gasteiger partial charge in [-0.3, -0.25) is 4.68 Å². The van der Waals surface area contributed by atoms with E-state index in [0.29, 0.717) is 0 Å². The number of furan rings is 1. The molecule has 0 amide bonds. The smallest absolute Gasteiger partial charge is 0.169 e. The van der Waals surface area contributed by atoms with Gasteiger partial charge in [0.05, 0.1) is 16.4 Å². The number of hydrogen-bond acceptors (Lipinski definition) is 3. The Morgan fingerprint density at radius 2 is 2.24 bits per heavy atom. The first-order valence-electron chi connectivity index (χ1n) is 5.31. The summed E-state index contributed by atoms with van der Waals surface area (Å²) in [4.78, 5) is 0. The normalized spacial score (nSPS) is 12.9. The number of rotatable bonds is 4. The van der Waals surface area contributed by atoms with Crippen LogP contribution in [-0.2, 0) is 6.54 Å². The van der Waals surface area contributed by atoms with Crippen LogP contribution in [0.15, 0.2) is 31.9 Å². The van der Waals surface area contributed by atoms with Gasteiger partial charge in [-0.15, -0.1) is 0 Å². The van der Waals surface area contributed by atoms with E-state index in [1.807, 2.05) is 23.9 Å². The van der Waals surface area contributed by atoms with Gasteiger partial charge in [0.15, 0.2) is 4.67 Å². The van der Waals surface area contributed by atoms with E-state index in [1.54, 1.807) is 6.20 Å². The molecule has 92 valence electrons. The Kier molecular flexibility index (Phi) is 4.06. The van der Waals surface area contributed by atoms with Crippen molar-refractivity contribution < 1.29 is 4.42 Å². The number of hydrogen-bond donors (Lipinski definition) is 1. The molecule has 2 aromatic rings. The fourth-order valence-corrected chi connectivity index (χ4v) is 2.65. The van der Waals surface area contributed by atoms with Gasteiger partial charge in [-0.2, -0.15) is 5.10 Å². The molecule has 2 rings (SSSR count). The highest BCUT2D eigenvalue weighted by Crippen LogP contribution is 2.30. The Morgan fingerprint density at radius 3 is 2.76 bits per heavy atom. The Bertz CT molecular complexity index is 507. The van der Waals surface area contributed by atoms with Gasteiger partial charge in [0.2, 0.25) is 0 Å². The van der Waals surface area contributed by atoms with Crippen LogP contribution in [0.2, 0.25) is 0 Å². The van der Waals surface area contributed by atoms with Crippen molar-refractivity contribution in [3.8, 4) is 0 Å². The van der Waals surface area contributed by atoms with E-state index in [4.69, 9.17) is 4.42 Å². The van der Waals surface area contributed by atoms with Gasteiger partial charge < -0.3 is 9.73 Å². The topological polar surface area (TPSA) is 43.0 Å². The average molecular weight is 363 g/mol. The van der Waals surface area contributed by atoms with Gasteiger partial charge in [-0.1, -0.05) is 0 Å². The third kappa shape index (κ3) is 2.48. The van der Waals surface area contributed by atoms with E-state index in [1.165, 1.54) is 0 Å². The second kappa shape index (κ2) is 5.37. The summed E-state index contributed by atoms with van der Waals surface area (Å²) < 4.78 is 9.26. The molecule has 2 aromatic heterocycles. The van der Waals surface area contributed by atoms with E-state index in [0.717, 1.165) is 27.1 Å². The Labute approximate surface area is 117 Å². The largest absolute Gasteiger partial charge is 0.452 e. The Balaban J connectivity index is 2.44. The molecule has 0 bridgehead atoms. The maximum atomic E-state index is 5.61. The van der Waals surface area contributed by atoms with Crippen LogP contribution in [0.4, 0.5) is 0 Å². The van der Waals surface area contributed by atoms with Crippen LogP contribution < -0.4 is 5.32 Å². The van der Waals surface area contributed by atoms with E-state index < -0.39 is 0 Å². The first kappa shape index (κ1) is 12.9. The van der Waals surface area contributed by atoms with Crippen LogP contribution in [0.3, 0.4) is 0 Å². The highest BCUT2D eigenvalue weighted by Gasteiger charge is 2.22. The molecule has 2 heterocycles. The molecule has 0 aliphatic rings. The van der Waals surface area contributed by atoms with Gasteiger partial charge in [-0.05, 0) is 58.0 Å². The second-order valence-electron chi connectivity index (χ2n) is 3.56. The third-order valence-electron chi connectivity index (χ3n) is 2.57. The summed E-state index contributed by atoms with van der Waals surface area (Å²) in [6, 6.07) is 3.82. The van der Waals surface area contributed by atoms with Gasteiger partial charge in [0.25, 0.3) is 0 Å². The molecular weight excluding hydrogens is 350 g/mol. The monoisotopic (exact) mass is 361 g/mol. The summed E-state index contributed by atoms with van der Waals surface area (Å²) >= 11 is 6.85. The standard InChI is InChI=1S/C11H13Br2N3O/c1-3-16-11(7(12)6-15-16)10(14-2)8-4-5-9(13)17-8/h4-6,10,14H,3H2,1-2H3. The Morgan fingerprint density at radius 1 is 1.47 bits per heavy atom. The minimum Gasteiger partial charge on any atom is -0.452 e. The zero-order valence-corrected chi connectivity index (χ0v) is 12.7. The van der Waals surface area contributed by atoms with Crippen LogP contribution in [0.1, 0.15) is 24.4 Å². The van der Waals surface area contributed by atoms with Crippen molar-refractivity contribution in [1.29, 1.82) is 0 Å². The van der Waals surface area contributed by atoms with E-state index in [9.17, 15) is 0 Å². The molecule has 0 aliphatic carbocycles. The molecule has 1 N–H and O–H groups in total. The van der Waals surface area contributed by atoms with Crippen molar-refractivity contribution in [3.05, 3.63) is 38.9 Å². The number of halogens is 2. The van der Waals surface area contributed by atoms with Crippen LogP contribution in [0, 0.1) is 0 Å².